The summed E-state index contributed by atoms with van der Waals surface area (Å²) in [5.74, 6) is 0.0107. The molecule has 2 N–H and O–H groups in total. The minimum atomic E-state index is -0.383. The molecule has 0 saturated heterocycles. The van der Waals surface area contributed by atoms with Gasteiger partial charge in [-0.3, -0.25) is 4.79 Å². The molecule has 0 heterocycles. The van der Waals surface area contributed by atoms with Gasteiger partial charge in [-0.1, -0.05) is 0 Å². The summed E-state index contributed by atoms with van der Waals surface area (Å²) >= 11 is 0. The van der Waals surface area contributed by atoms with Crippen LogP contribution >= 0.6 is 0 Å². The third-order valence-corrected chi connectivity index (χ3v) is 1.61. The van der Waals surface area contributed by atoms with Crippen molar-refractivity contribution in [2.24, 2.45) is 0 Å². The Morgan fingerprint density at radius 3 is 2.33 bits per heavy atom. The second kappa shape index (κ2) is 4.42. The van der Waals surface area contributed by atoms with E-state index in [1.165, 1.54) is 4.90 Å². The van der Waals surface area contributed by atoms with Crippen molar-refractivity contribution in [2.75, 3.05) is 27.2 Å². The fraction of sp³-hybridized carbons (Fsp3) is 0.875. The summed E-state index contributed by atoms with van der Waals surface area (Å²) in [5.41, 5.74) is -0.383. The van der Waals surface area contributed by atoms with Crippen LogP contribution in [0.3, 0.4) is 0 Å². The Morgan fingerprint density at radius 1 is 1.50 bits per heavy atom. The highest BCUT2D eigenvalue weighted by atomic mass is 16.3. The topological polar surface area (TPSA) is 52.6 Å². The van der Waals surface area contributed by atoms with Gasteiger partial charge >= 0.3 is 0 Å². The molecule has 0 bridgehead atoms. The maximum atomic E-state index is 11.1. The van der Waals surface area contributed by atoms with E-state index in [2.05, 4.69) is 5.32 Å². The Balaban J connectivity index is 3.76. The Kier molecular flexibility index (Phi) is 4.20. The van der Waals surface area contributed by atoms with Crippen molar-refractivity contribution < 1.29 is 9.90 Å². The van der Waals surface area contributed by atoms with Crippen LogP contribution in [-0.4, -0.2) is 48.7 Å². The fourth-order valence-electron chi connectivity index (χ4n) is 0.529. The summed E-state index contributed by atoms with van der Waals surface area (Å²) in [4.78, 5) is 12.6. The predicted molar refractivity (Wildman–Crippen MR) is 47.9 cm³/mol. The molecule has 1 amide bonds. The third kappa shape index (κ3) is 4.31. The molecule has 0 aliphatic heterocycles. The molecule has 0 aliphatic rings. The number of nitrogens with one attached hydrogen (secondary N) is 1. The van der Waals surface area contributed by atoms with Crippen LogP contribution in [0.15, 0.2) is 0 Å². The first-order chi connectivity index (χ1) is 5.39. The molecule has 4 heteroatoms. The van der Waals surface area contributed by atoms with E-state index >= 15 is 0 Å². The van der Waals surface area contributed by atoms with Crippen LogP contribution in [0.1, 0.15) is 13.8 Å². The Morgan fingerprint density at radius 2 is 2.00 bits per heavy atom. The van der Waals surface area contributed by atoms with Crippen molar-refractivity contribution in [2.45, 2.75) is 19.4 Å². The summed E-state index contributed by atoms with van der Waals surface area (Å²) < 4.78 is 0. The minimum absolute atomic E-state index is 0.0107. The molecular formula is C8H18N2O2. The molecule has 0 unspecified atom stereocenters. The maximum absolute atomic E-state index is 11.1. The lowest BCUT2D eigenvalue weighted by Crippen LogP contribution is -2.47. The molecule has 0 aromatic heterocycles. The number of amides is 1. The van der Waals surface area contributed by atoms with Crippen molar-refractivity contribution in [3.05, 3.63) is 0 Å². The molecule has 0 aromatic rings. The summed E-state index contributed by atoms with van der Waals surface area (Å²) in [6, 6.07) is 0. The number of nitrogens with zero attached hydrogens (tertiary/aromatic N) is 1. The Bertz CT molecular complexity index is 155. The molecule has 0 aromatic carbocycles. The largest absolute Gasteiger partial charge is 0.394 e. The van der Waals surface area contributed by atoms with E-state index in [9.17, 15) is 4.79 Å². The van der Waals surface area contributed by atoms with Gasteiger partial charge in [-0.05, 0) is 13.8 Å². The van der Waals surface area contributed by atoms with Gasteiger partial charge in [0.05, 0.1) is 13.2 Å². The lowest BCUT2D eigenvalue weighted by atomic mass is 10.1. The van der Waals surface area contributed by atoms with Crippen LogP contribution in [-0.2, 0) is 4.79 Å². The van der Waals surface area contributed by atoms with Gasteiger partial charge in [0.1, 0.15) is 0 Å². The van der Waals surface area contributed by atoms with Crippen LogP contribution in [0.2, 0.25) is 0 Å². The van der Waals surface area contributed by atoms with Crippen LogP contribution in [0, 0.1) is 0 Å². The molecule has 4 nitrogen and oxygen atoms in total. The first kappa shape index (κ1) is 11.4. The van der Waals surface area contributed by atoms with E-state index in [0.29, 0.717) is 0 Å². The maximum Gasteiger partial charge on any atom is 0.236 e. The molecule has 0 fully saturated rings. The first-order valence-corrected chi connectivity index (χ1v) is 3.95. The number of hydrogen-bond donors (Lipinski definition) is 2. The van der Waals surface area contributed by atoms with Crippen molar-refractivity contribution in [3.63, 3.8) is 0 Å². The van der Waals surface area contributed by atoms with Crippen LogP contribution in [0.5, 0.6) is 0 Å². The van der Waals surface area contributed by atoms with Crippen LogP contribution < -0.4 is 5.32 Å². The highest BCUT2D eigenvalue weighted by molar-refractivity contribution is 5.77. The molecule has 72 valence electrons. The van der Waals surface area contributed by atoms with Gasteiger partial charge in [-0.15, -0.1) is 0 Å². The highest BCUT2D eigenvalue weighted by Gasteiger charge is 2.16. The lowest BCUT2D eigenvalue weighted by Gasteiger charge is -2.24. The summed E-state index contributed by atoms with van der Waals surface area (Å²) in [7, 11) is 3.41. The second-order valence-corrected chi connectivity index (χ2v) is 3.68. The zero-order valence-electron chi connectivity index (χ0n) is 8.22. The lowest BCUT2D eigenvalue weighted by molar-refractivity contribution is -0.128. The molecule has 0 spiro atoms. The third-order valence-electron chi connectivity index (χ3n) is 1.61. The quantitative estimate of drug-likeness (QED) is 0.600. The Labute approximate surface area is 73.6 Å². The van der Waals surface area contributed by atoms with Crippen molar-refractivity contribution in [1.29, 1.82) is 0 Å². The summed E-state index contributed by atoms with van der Waals surface area (Å²) in [6.07, 6.45) is 0. The van der Waals surface area contributed by atoms with Gasteiger partial charge in [-0.2, -0.15) is 0 Å². The molecule has 0 aliphatic carbocycles. The van der Waals surface area contributed by atoms with Crippen molar-refractivity contribution in [1.82, 2.24) is 10.2 Å². The molecule has 0 rings (SSSR count). The normalized spacial score (nSPS) is 11.4. The van der Waals surface area contributed by atoms with Crippen molar-refractivity contribution in [3.8, 4) is 0 Å². The smallest absolute Gasteiger partial charge is 0.236 e. The van der Waals surface area contributed by atoms with Gasteiger partial charge < -0.3 is 15.3 Å². The molecule has 0 atom stereocenters. The van der Waals surface area contributed by atoms with E-state index in [1.807, 2.05) is 13.8 Å². The number of rotatable bonds is 4. The number of aliphatic hydroxyl groups excluding tert-OH is 1. The molecule has 12 heavy (non-hydrogen) atoms. The summed E-state index contributed by atoms with van der Waals surface area (Å²) in [5, 5.41) is 11.8. The number of aliphatic hydroxyl groups is 1. The summed E-state index contributed by atoms with van der Waals surface area (Å²) in [6.45, 7) is 3.97. The van der Waals surface area contributed by atoms with Gasteiger partial charge in [0, 0.05) is 19.6 Å². The standard InChI is InChI=1S/C8H18N2O2/c1-8(2,6-11)9-5-7(12)10(3)4/h9,11H,5-6H2,1-4H3. The van der Waals surface area contributed by atoms with Gasteiger partial charge in [0.15, 0.2) is 0 Å². The monoisotopic (exact) mass is 174 g/mol. The van der Waals surface area contributed by atoms with Gasteiger partial charge in [0.2, 0.25) is 5.91 Å². The predicted octanol–water partition coefficient (Wildman–Crippen LogP) is -0.565. The molecule has 0 radical (unpaired) electrons. The van der Waals surface area contributed by atoms with Gasteiger partial charge in [0.25, 0.3) is 0 Å². The molecular weight excluding hydrogens is 156 g/mol. The Hall–Kier alpha value is -0.610. The molecule has 0 saturated carbocycles. The number of carbonyl (C=O) groups excluding carboxylic acids is 1. The zero-order chi connectivity index (χ0) is 9.78. The fourth-order valence-corrected chi connectivity index (χ4v) is 0.529. The number of likely N-dealkylation sites (N-methyl/N-ethyl adjacent to an activating group) is 1. The zero-order valence-corrected chi connectivity index (χ0v) is 8.22. The average Bonchev–Trinajstić information content (AvgIpc) is 2.00. The minimum Gasteiger partial charge on any atom is -0.394 e. The number of carbonyl (C=O) groups is 1. The van der Waals surface area contributed by atoms with Gasteiger partial charge in [-0.25, -0.2) is 0 Å². The van der Waals surface area contributed by atoms with E-state index in [1.54, 1.807) is 14.1 Å². The van der Waals surface area contributed by atoms with E-state index in [4.69, 9.17) is 5.11 Å². The SMILES string of the molecule is CN(C)C(=O)CNC(C)(C)CO. The second-order valence-electron chi connectivity index (χ2n) is 3.68. The van der Waals surface area contributed by atoms with Crippen molar-refractivity contribution >= 4 is 5.91 Å². The first-order valence-electron chi connectivity index (χ1n) is 3.95. The van der Waals surface area contributed by atoms with E-state index in [0.717, 1.165) is 0 Å². The number of hydrogen-bond acceptors (Lipinski definition) is 3. The van der Waals surface area contributed by atoms with Crippen LogP contribution in [0.25, 0.3) is 0 Å². The van der Waals surface area contributed by atoms with Crippen LogP contribution in [0.4, 0.5) is 0 Å². The average molecular weight is 174 g/mol. The van der Waals surface area contributed by atoms with E-state index < -0.39 is 0 Å². The van der Waals surface area contributed by atoms with E-state index in [-0.39, 0.29) is 24.6 Å². The highest BCUT2D eigenvalue weighted by Crippen LogP contribution is 1.98.